The van der Waals surface area contributed by atoms with Crippen molar-refractivity contribution in [3.63, 3.8) is 0 Å². The number of fused-ring (bicyclic) bond motifs is 1. The fourth-order valence-corrected chi connectivity index (χ4v) is 2.86. The van der Waals surface area contributed by atoms with Gasteiger partial charge in [-0.3, -0.25) is 0 Å². The number of likely N-dealkylation sites (tertiary alicyclic amines) is 1. The van der Waals surface area contributed by atoms with E-state index >= 15 is 0 Å². The molecule has 0 radical (unpaired) electrons. The maximum absolute atomic E-state index is 10.7. The third-order valence-electron chi connectivity index (χ3n) is 4.19. The van der Waals surface area contributed by atoms with Gasteiger partial charge in [0.05, 0.1) is 5.60 Å². The number of rotatable bonds is 1. The number of halogens is 2. The molecular formula is C14H22Cl2N2O. The van der Waals surface area contributed by atoms with Gasteiger partial charge in [0, 0.05) is 26.2 Å². The maximum atomic E-state index is 10.7. The van der Waals surface area contributed by atoms with Crippen molar-refractivity contribution in [3.8, 4) is 0 Å². The Morgan fingerprint density at radius 2 is 1.74 bits per heavy atom. The Balaban J connectivity index is 0.000000902. The predicted octanol–water partition coefficient (Wildman–Crippen LogP) is 2.05. The lowest BCUT2D eigenvalue weighted by molar-refractivity contribution is -0.0203. The van der Waals surface area contributed by atoms with Gasteiger partial charge in [0.2, 0.25) is 0 Å². The van der Waals surface area contributed by atoms with E-state index < -0.39 is 5.60 Å². The number of benzene rings is 1. The van der Waals surface area contributed by atoms with Crippen LogP contribution in [0.3, 0.4) is 0 Å². The molecule has 1 aromatic rings. The van der Waals surface area contributed by atoms with Crippen molar-refractivity contribution in [1.82, 2.24) is 10.2 Å². The summed E-state index contributed by atoms with van der Waals surface area (Å²) in [6.45, 7) is 3.87. The quantitative estimate of drug-likeness (QED) is 0.833. The fourth-order valence-electron chi connectivity index (χ4n) is 2.86. The molecule has 2 aliphatic heterocycles. The summed E-state index contributed by atoms with van der Waals surface area (Å²) in [7, 11) is 2.12. The van der Waals surface area contributed by atoms with E-state index in [0.717, 1.165) is 44.6 Å². The van der Waals surface area contributed by atoms with E-state index in [2.05, 4.69) is 35.5 Å². The van der Waals surface area contributed by atoms with E-state index in [-0.39, 0.29) is 24.8 Å². The summed E-state index contributed by atoms with van der Waals surface area (Å²) in [5.74, 6) is 0. The molecule has 108 valence electrons. The summed E-state index contributed by atoms with van der Waals surface area (Å²) in [5.41, 5.74) is 3.23. The van der Waals surface area contributed by atoms with Gasteiger partial charge < -0.3 is 15.3 Å². The summed E-state index contributed by atoms with van der Waals surface area (Å²) < 4.78 is 0. The zero-order chi connectivity index (χ0) is 11.9. The Hall–Kier alpha value is -0.320. The van der Waals surface area contributed by atoms with Gasteiger partial charge in [0.1, 0.15) is 0 Å². The third-order valence-corrected chi connectivity index (χ3v) is 4.19. The second-order valence-corrected chi connectivity index (χ2v) is 5.42. The predicted molar refractivity (Wildman–Crippen MR) is 82.1 cm³/mol. The second kappa shape index (κ2) is 6.42. The van der Waals surface area contributed by atoms with E-state index in [1.807, 2.05) is 0 Å². The number of piperidine rings is 1. The van der Waals surface area contributed by atoms with Crippen molar-refractivity contribution in [3.05, 3.63) is 34.9 Å². The van der Waals surface area contributed by atoms with Crippen LogP contribution in [0, 0.1) is 0 Å². The summed E-state index contributed by atoms with van der Waals surface area (Å²) in [6, 6.07) is 6.47. The third kappa shape index (κ3) is 3.23. The topological polar surface area (TPSA) is 35.5 Å². The number of aliphatic hydroxyl groups is 1. The minimum atomic E-state index is -0.607. The highest BCUT2D eigenvalue weighted by atomic mass is 35.5. The Labute approximate surface area is 127 Å². The van der Waals surface area contributed by atoms with Crippen LogP contribution in [0.2, 0.25) is 0 Å². The largest absolute Gasteiger partial charge is 0.385 e. The lowest BCUT2D eigenvalue weighted by Gasteiger charge is -2.37. The van der Waals surface area contributed by atoms with E-state index in [9.17, 15) is 5.11 Å². The van der Waals surface area contributed by atoms with Gasteiger partial charge in [-0.25, -0.2) is 0 Å². The molecule has 0 aromatic heterocycles. The molecule has 1 aromatic carbocycles. The van der Waals surface area contributed by atoms with E-state index in [4.69, 9.17) is 0 Å². The van der Waals surface area contributed by atoms with Crippen LogP contribution in [0.25, 0.3) is 0 Å². The van der Waals surface area contributed by atoms with Crippen LogP contribution >= 0.6 is 24.8 Å². The molecule has 5 heteroatoms. The van der Waals surface area contributed by atoms with Crippen molar-refractivity contribution in [2.75, 3.05) is 20.1 Å². The molecule has 0 spiro atoms. The van der Waals surface area contributed by atoms with Crippen LogP contribution in [0.5, 0.6) is 0 Å². The molecule has 0 unspecified atom stereocenters. The van der Waals surface area contributed by atoms with Gasteiger partial charge in [0.15, 0.2) is 0 Å². The molecule has 0 atom stereocenters. The summed E-state index contributed by atoms with van der Waals surface area (Å²) in [5, 5.41) is 14.1. The van der Waals surface area contributed by atoms with Gasteiger partial charge in [0.25, 0.3) is 0 Å². The average molecular weight is 305 g/mol. The van der Waals surface area contributed by atoms with Crippen molar-refractivity contribution < 1.29 is 5.11 Å². The number of hydrogen-bond acceptors (Lipinski definition) is 3. The van der Waals surface area contributed by atoms with Gasteiger partial charge in [-0.2, -0.15) is 0 Å². The Morgan fingerprint density at radius 1 is 1.11 bits per heavy atom. The van der Waals surface area contributed by atoms with Crippen molar-refractivity contribution >= 4 is 24.8 Å². The highest BCUT2D eigenvalue weighted by Gasteiger charge is 2.33. The first kappa shape index (κ1) is 16.7. The monoisotopic (exact) mass is 304 g/mol. The molecule has 0 aliphatic carbocycles. The first-order valence-electron chi connectivity index (χ1n) is 6.41. The standard InChI is InChI=1S/C14H20N2O.2ClH/c1-16-6-4-14(17,5-7-16)13-3-2-11-9-15-10-12(11)8-13;;/h2-3,8,15,17H,4-7,9-10H2,1H3;2*1H. The minimum Gasteiger partial charge on any atom is -0.385 e. The van der Waals surface area contributed by atoms with Crippen LogP contribution in [0.1, 0.15) is 29.5 Å². The van der Waals surface area contributed by atoms with Crippen LogP contribution < -0.4 is 5.32 Å². The Kier molecular flexibility index (Phi) is 5.65. The second-order valence-electron chi connectivity index (χ2n) is 5.42. The highest BCUT2D eigenvalue weighted by Crippen LogP contribution is 2.34. The minimum absolute atomic E-state index is 0. The van der Waals surface area contributed by atoms with E-state index in [0.29, 0.717) is 0 Å². The summed E-state index contributed by atoms with van der Waals surface area (Å²) in [6.07, 6.45) is 1.69. The number of nitrogens with zero attached hydrogens (tertiary/aromatic N) is 1. The molecule has 3 nitrogen and oxygen atoms in total. The average Bonchev–Trinajstić information content (AvgIpc) is 2.80. The molecule has 2 N–H and O–H groups in total. The molecular weight excluding hydrogens is 283 g/mol. The molecule has 1 fully saturated rings. The molecule has 0 saturated carbocycles. The van der Waals surface area contributed by atoms with Crippen molar-refractivity contribution in [2.24, 2.45) is 0 Å². The lowest BCUT2D eigenvalue weighted by Crippen LogP contribution is -2.40. The smallest absolute Gasteiger partial charge is 0.0921 e. The van der Waals surface area contributed by atoms with Gasteiger partial charge >= 0.3 is 0 Å². The van der Waals surface area contributed by atoms with Gasteiger partial charge in [-0.05, 0) is 36.6 Å². The summed E-state index contributed by atoms with van der Waals surface area (Å²) >= 11 is 0. The summed E-state index contributed by atoms with van der Waals surface area (Å²) in [4.78, 5) is 2.28. The number of hydrogen-bond donors (Lipinski definition) is 2. The molecule has 19 heavy (non-hydrogen) atoms. The number of nitrogens with one attached hydrogen (secondary N) is 1. The van der Waals surface area contributed by atoms with Crippen molar-refractivity contribution in [1.29, 1.82) is 0 Å². The van der Waals surface area contributed by atoms with Crippen LogP contribution in [0.4, 0.5) is 0 Å². The zero-order valence-electron chi connectivity index (χ0n) is 11.2. The molecule has 2 aliphatic rings. The van der Waals surface area contributed by atoms with E-state index in [1.54, 1.807) is 0 Å². The molecule has 3 rings (SSSR count). The van der Waals surface area contributed by atoms with Crippen molar-refractivity contribution in [2.45, 2.75) is 31.5 Å². The van der Waals surface area contributed by atoms with Gasteiger partial charge in [-0.1, -0.05) is 18.2 Å². The first-order valence-corrected chi connectivity index (χ1v) is 6.41. The zero-order valence-corrected chi connectivity index (χ0v) is 12.8. The molecule has 0 amide bonds. The Morgan fingerprint density at radius 3 is 2.42 bits per heavy atom. The van der Waals surface area contributed by atoms with Gasteiger partial charge in [-0.15, -0.1) is 24.8 Å². The SMILES string of the molecule is CN1CCC(O)(c2ccc3c(c2)CNC3)CC1.Cl.Cl. The molecule has 0 bridgehead atoms. The fraction of sp³-hybridized carbons (Fsp3) is 0.571. The van der Waals surface area contributed by atoms with Crippen LogP contribution in [-0.2, 0) is 18.7 Å². The first-order chi connectivity index (χ1) is 8.17. The Bertz CT molecular complexity index is 431. The molecule has 1 saturated heterocycles. The highest BCUT2D eigenvalue weighted by molar-refractivity contribution is 5.85. The maximum Gasteiger partial charge on any atom is 0.0921 e. The van der Waals surface area contributed by atoms with E-state index in [1.165, 1.54) is 11.1 Å². The molecule has 2 heterocycles. The lowest BCUT2D eigenvalue weighted by atomic mass is 9.83. The van der Waals surface area contributed by atoms with Crippen LogP contribution in [0.15, 0.2) is 18.2 Å². The van der Waals surface area contributed by atoms with Crippen LogP contribution in [-0.4, -0.2) is 30.1 Å². The normalized spacial score (nSPS) is 21.2.